The van der Waals surface area contributed by atoms with Gasteiger partial charge >= 0.3 is 0 Å². The first-order chi connectivity index (χ1) is 9.25. The Hall–Kier alpha value is -1.46. The van der Waals surface area contributed by atoms with Crippen molar-refractivity contribution in [2.24, 2.45) is 5.73 Å². The van der Waals surface area contributed by atoms with E-state index in [0.717, 1.165) is 33.7 Å². The lowest BCUT2D eigenvalue weighted by atomic mass is 10.0. The summed E-state index contributed by atoms with van der Waals surface area (Å²) in [5, 5.41) is 0. The number of nitrogens with two attached hydrogens (primary N) is 1. The maximum atomic E-state index is 6.21. The summed E-state index contributed by atoms with van der Waals surface area (Å²) in [5.41, 5.74) is 7.13. The van der Waals surface area contributed by atoms with Crippen LogP contribution in [0.1, 0.15) is 23.8 Å². The van der Waals surface area contributed by atoms with Crippen molar-refractivity contribution in [3.8, 4) is 11.5 Å². The summed E-state index contributed by atoms with van der Waals surface area (Å²) < 4.78 is 17.6. The molecule has 1 unspecified atom stereocenters. The molecular weight excluding hydrogens is 310 g/mol. The van der Waals surface area contributed by atoms with E-state index < -0.39 is 0 Å². The molecule has 2 heterocycles. The number of furan rings is 1. The topological polar surface area (TPSA) is 57.6 Å². The fraction of sp³-hybridized carbons (Fsp3) is 0.286. The quantitative estimate of drug-likeness (QED) is 0.921. The molecule has 0 spiro atoms. The van der Waals surface area contributed by atoms with Gasteiger partial charge in [-0.2, -0.15) is 0 Å². The van der Waals surface area contributed by atoms with Crippen LogP contribution >= 0.6 is 15.9 Å². The third-order valence-electron chi connectivity index (χ3n) is 3.05. The molecule has 3 rings (SSSR count). The molecule has 0 amide bonds. The highest BCUT2D eigenvalue weighted by Crippen LogP contribution is 2.38. The van der Waals surface area contributed by atoms with E-state index in [2.05, 4.69) is 15.9 Å². The highest BCUT2D eigenvalue weighted by atomic mass is 79.9. The summed E-state index contributed by atoms with van der Waals surface area (Å²) >= 11 is 3.53. The Bertz CT molecular complexity index is 568. The van der Waals surface area contributed by atoms with Gasteiger partial charge in [-0.1, -0.05) is 15.9 Å². The fourth-order valence-electron chi connectivity index (χ4n) is 2.06. The molecule has 1 atom stereocenters. The third-order valence-corrected chi connectivity index (χ3v) is 3.74. The Morgan fingerprint density at radius 3 is 2.58 bits per heavy atom. The van der Waals surface area contributed by atoms with Crippen LogP contribution in [0.2, 0.25) is 0 Å². The van der Waals surface area contributed by atoms with Gasteiger partial charge in [-0.15, -0.1) is 0 Å². The number of rotatable bonds is 2. The van der Waals surface area contributed by atoms with E-state index in [-0.39, 0.29) is 6.04 Å². The average Bonchev–Trinajstić information content (AvgIpc) is 2.84. The standard InChI is InChI=1S/C14H14BrNO3/c15-10-8-13-12(18-5-2-6-19-13)7-9(10)14(16)11-3-1-4-17-11/h1,3-4,7-8,14H,2,5-6,16H2. The molecule has 5 heteroatoms. The lowest BCUT2D eigenvalue weighted by Gasteiger charge is -2.15. The van der Waals surface area contributed by atoms with Gasteiger partial charge in [-0.25, -0.2) is 0 Å². The highest BCUT2D eigenvalue weighted by Gasteiger charge is 2.20. The van der Waals surface area contributed by atoms with E-state index in [4.69, 9.17) is 19.6 Å². The molecule has 1 aromatic carbocycles. The van der Waals surface area contributed by atoms with Crippen LogP contribution in [0, 0.1) is 0 Å². The van der Waals surface area contributed by atoms with Gasteiger partial charge in [0, 0.05) is 10.9 Å². The smallest absolute Gasteiger partial charge is 0.162 e. The van der Waals surface area contributed by atoms with Crippen LogP contribution in [0.15, 0.2) is 39.4 Å². The van der Waals surface area contributed by atoms with Crippen molar-refractivity contribution in [3.05, 3.63) is 46.3 Å². The molecule has 1 aliphatic rings. The van der Waals surface area contributed by atoms with Crippen LogP contribution in [-0.2, 0) is 0 Å². The zero-order valence-corrected chi connectivity index (χ0v) is 11.9. The minimum Gasteiger partial charge on any atom is -0.490 e. The summed E-state index contributed by atoms with van der Waals surface area (Å²) in [6.45, 7) is 1.33. The highest BCUT2D eigenvalue weighted by molar-refractivity contribution is 9.10. The Balaban J connectivity index is 2.00. The second kappa shape index (κ2) is 5.27. The minimum absolute atomic E-state index is 0.332. The Labute approximate surface area is 119 Å². The fourth-order valence-corrected chi connectivity index (χ4v) is 2.63. The van der Waals surface area contributed by atoms with Crippen molar-refractivity contribution < 1.29 is 13.9 Å². The first-order valence-electron chi connectivity index (χ1n) is 6.14. The van der Waals surface area contributed by atoms with E-state index >= 15 is 0 Å². The summed E-state index contributed by atoms with van der Waals surface area (Å²) in [7, 11) is 0. The molecule has 0 bridgehead atoms. The van der Waals surface area contributed by atoms with E-state index in [9.17, 15) is 0 Å². The van der Waals surface area contributed by atoms with E-state index in [0.29, 0.717) is 13.2 Å². The van der Waals surface area contributed by atoms with Gasteiger partial charge in [0.1, 0.15) is 5.76 Å². The van der Waals surface area contributed by atoms with E-state index in [1.807, 2.05) is 24.3 Å². The second-order valence-corrected chi connectivity index (χ2v) is 5.22. The van der Waals surface area contributed by atoms with Crippen molar-refractivity contribution in [1.29, 1.82) is 0 Å². The predicted molar refractivity (Wildman–Crippen MR) is 74.5 cm³/mol. The molecule has 0 radical (unpaired) electrons. The summed E-state index contributed by atoms with van der Waals surface area (Å²) in [6, 6.07) is 7.17. The number of hydrogen-bond acceptors (Lipinski definition) is 4. The molecule has 19 heavy (non-hydrogen) atoms. The average molecular weight is 324 g/mol. The van der Waals surface area contributed by atoms with Crippen LogP contribution in [0.3, 0.4) is 0 Å². The van der Waals surface area contributed by atoms with Gasteiger partial charge in [0.2, 0.25) is 0 Å². The molecule has 1 aromatic heterocycles. The monoisotopic (exact) mass is 323 g/mol. The molecule has 2 aromatic rings. The van der Waals surface area contributed by atoms with Gasteiger partial charge in [-0.05, 0) is 29.8 Å². The van der Waals surface area contributed by atoms with E-state index in [1.54, 1.807) is 6.26 Å². The summed E-state index contributed by atoms with van der Waals surface area (Å²) in [5.74, 6) is 2.20. The van der Waals surface area contributed by atoms with Crippen LogP contribution in [0.4, 0.5) is 0 Å². The molecule has 0 aliphatic carbocycles. The molecule has 1 aliphatic heterocycles. The Kier molecular flexibility index (Phi) is 3.48. The maximum Gasteiger partial charge on any atom is 0.162 e. The molecule has 0 saturated heterocycles. The zero-order chi connectivity index (χ0) is 13.2. The first kappa shape index (κ1) is 12.6. The van der Waals surface area contributed by atoms with Gasteiger partial charge < -0.3 is 19.6 Å². The third kappa shape index (κ3) is 2.48. The Morgan fingerprint density at radius 1 is 1.16 bits per heavy atom. The molecular formula is C14H14BrNO3. The lowest BCUT2D eigenvalue weighted by Crippen LogP contribution is -2.12. The SMILES string of the molecule is NC(c1ccco1)c1cc2c(cc1Br)OCCCO2. The van der Waals surface area contributed by atoms with Crippen molar-refractivity contribution in [2.75, 3.05) is 13.2 Å². The van der Waals surface area contributed by atoms with Crippen molar-refractivity contribution >= 4 is 15.9 Å². The summed E-state index contributed by atoms with van der Waals surface area (Å²) in [4.78, 5) is 0. The second-order valence-electron chi connectivity index (χ2n) is 4.36. The normalized spacial score (nSPS) is 15.9. The van der Waals surface area contributed by atoms with Crippen LogP contribution in [0.5, 0.6) is 11.5 Å². The van der Waals surface area contributed by atoms with Crippen LogP contribution in [0.25, 0.3) is 0 Å². The molecule has 4 nitrogen and oxygen atoms in total. The van der Waals surface area contributed by atoms with Crippen LogP contribution in [-0.4, -0.2) is 13.2 Å². The van der Waals surface area contributed by atoms with Gasteiger partial charge in [0.25, 0.3) is 0 Å². The number of ether oxygens (including phenoxy) is 2. The van der Waals surface area contributed by atoms with Gasteiger partial charge in [0.05, 0.1) is 25.5 Å². The molecule has 2 N–H and O–H groups in total. The van der Waals surface area contributed by atoms with Gasteiger partial charge in [0.15, 0.2) is 11.5 Å². The Morgan fingerprint density at radius 2 is 1.89 bits per heavy atom. The maximum absolute atomic E-state index is 6.21. The number of hydrogen-bond donors (Lipinski definition) is 1. The van der Waals surface area contributed by atoms with Crippen molar-refractivity contribution in [1.82, 2.24) is 0 Å². The van der Waals surface area contributed by atoms with Crippen molar-refractivity contribution in [2.45, 2.75) is 12.5 Å². The summed E-state index contributed by atoms with van der Waals surface area (Å²) in [6.07, 6.45) is 2.50. The lowest BCUT2D eigenvalue weighted by molar-refractivity contribution is 0.297. The number of benzene rings is 1. The minimum atomic E-state index is -0.332. The van der Waals surface area contributed by atoms with Gasteiger partial charge in [-0.3, -0.25) is 0 Å². The van der Waals surface area contributed by atoms with Crippen molar-refractivity contribution in [3.63, 3.8) is 0 Å². The largest absolute Gasteiger partial charge is 0.490 e. The van der Waals surface area contributed by atoms with Crippen LogP contribution < -0.4 is 15.2 Å². The predicted octanol–water partition coefficient (Wildman–Crippen LogP) is 3.25. The zero-order valence-electron chi connectivity index (χ0n) is 10.3. The van der Waals surface area contributed by atoms with E-state index in [1.165, 1.54) is 0 Å². The molecule has 0 saturated carbocycles. The molecule has 0 fully saturated rings. The number of halogens is 1. The number of fused-ring (bicyclic) bond motifs is 1. The first-order valence-corrected chi connectivity index (χ1v) is 6.93. The molecule has 100 valence electrons.